The lowest BCUT2D eigenvalue weighted by atomic mass is 9.77. The van der Waals surface area contributed by atoms with Crippen molar-refractivity contribution < 1.29 is 9.32 Å². The fraction of sp³-hybridized carbons (Fsp3) is 0.625. The maximum Gasteiger partial charge on any atom is 0.291 e. The van der Waals surface area contributed by atoms with E-state index >= 15 is 0 Å². The van der Waals surface area contributed by atoms with Gasteiger partial charge in [0.15, 0.2) is 11.5 Å². The molecule has 0 unspecified atom stereocenters. The molecule has 4 rings (SSSR count). The van der Waals surface area contributed by atoms with Crippen LogP contribution in [0.25, 0.3) is 5.57 Å². The molecule has 0 saturated heterocycles. The van der Waals surface area contributed by atoms with E-state index in [0.29, 0.717) is 16.9 Å². The van der Waals surface area contributed by atoms with Crippen molar-refractivity contribution in [1.82, 2.24) is 14.5 Å². The van der Waals surface area contributed by atoms with Gasteiger partial charge in [-0.1, -0.05) is 44.3 Å². The summed E-state index contributed by atoms with van der Waals surface area (Å²) in [5.74, 6) is 0.288. The van der Waals surface area contributed by atoms with Crippen LogP contribution in [0.15, 0.2) is 15.4 Å². The Kier molecular flexibility index (Phi) is 5.71. The average molecular weight is 427 g/mol. The van der Waals surface area contributed by atoms with Gasteiger partial charge in [-0.15, -0.1) is 0 Å². The van der Waals surface area contributed by atoms with Crippen LogP contribution in [-0.4, -0.2) is 20.4 Å². The number of carbonyl (C=O) groups excluding carboxylic acids is 1. The number of amides is 1. The van der Waals surface area contributed by atoms with Crippen molar-refractivity contribution in [2.45, 2.75) is 85.1 Å². The molecular formula is C24H34N4O3. The second-order valence-corrected chi connectivity index (χ2v) is 9.96. The molecule has 2 aliphatic rings. The number of aromatic nitrogens is 3. The van der Waals surface area contributed by atoms with Crippen molar-refractivity contribution in [2.24, 2.45) is 12.5 Å². The van der Waals surface area contributed by atoms with Crippen molar-refractivity contribution in [1.29, 1.82) is 0 Å². The molecule has 31 heavy (non-hydrogen) atoms. The van der Waals surface area contributed by atoms with E-state index in [4.69, 9.17) is 4.52 Å². The zero-order valence-electron chi connectivity index (χ0n) is 19.4. The number of carbonyl (C=O) groups is 1. The van der Waals surface area contributed by atoms with Crippen LogP contribution in [0, 0.1) is 19.3 Å². The molecule has 1 N–H and O–H groups in total. The first-order valence-corrected chi connectivity index (χ1v) is 11.4. The van der Waals surface area contributed by atoms with Gasteiger partial charge in [0, 0.05) is 12.6 Å². The van der Waals surface area contributed by atoms with Gasteiger partial charge in [0.25, 0.3) is 11.5 Å². The van der Waals surface area contributed by atoms with Gasteiger partial charge in [-0.25, -0.2) is 4.68 Å². The summed E-state index contributed by atoms with van der Waals surface area (Å²) in [5, 5.41) is 6.89. The molecule has 0 spiro atoms. The predicted molar refractivity (Wildman–Crippen MR) is 121 cm³/mol. The van der Waals surface area contributed by atoms with E-state index in [1.54, 1.807) is 4.68 Å². The van der Waals surface area contributed by atoms with Crippen LogP contribution in [0.4, 0.5) is 5.69 Å². The minimum absolute atomic E-state index is 0.140. The van der Waals surface area contributed by atoms with Crippen LogP contribution in [0.1, 0.15) is 98.8 Å². The maximum atomic E-state index is 13.1. The van der Waals surface area contributed by atoms with Crippen LogP contribution in [0.2, 0.25) is 0 Å². The molecule has 2 aliphatic carbocycles. The quantitative estimate of drug-likeness (QED) is 0.734. The third-order valence-electron chi connectivity index (χ3n) is 7.15. The molecule has 1 amide bonds. The molecule has 1 saturated carbocycles. The standard InChI is InChI=1S/C24H34N4O3/c1-15-19(26-31-21(15)17-11-13-24(3,4)14-12-17)22(29)25-20-16(2)27(5)28(23(20)30)18-9-7-6-8-10-18/h11,18H,6-10,12-14H2,1-5H3,(H,25,29). The smallest absolute Gasteiger partial charge is 0.291 e. The SMILES string of the molecule is Cc1c(C(=O)Nc2c(C)n(C)n(C3CCCCC3)c2=O)noc1C1=CCC(C)(C)CC1. The molecule has 2 heterocycles. The summed E-state index contributed by atoms with van der Waals surface area (Å²) in [4.78, 5) is 26.2. The molecule has 1 fully saturated rings. The first kappa shape index (κ1) is 21.7. The highest BCUT2D eigenvalue weighted by Gasteiger charge is 2.29. The second-order valence-electron chi connectivity index (χ2n) is 9.96. The Morgan fingerprint density at radius 3 is 2.58 bits per heavy atom. The lowest BCUT2D eigenvalue weighted by Gasteiger charge is -2.27. The van der Waals surface area contributed by atoms with Crippen LogP contribution >= 0.6 is 0 Å². The van der Waals surface area contributed by atoms with E-state index in [1.165, 1.54) is 6.42 Å². The van der Waals surface area contributed by atoms with Crippen LogP contribution in [0.5, 0.6) is 0 Å². The molecule has 7 heteroatoms. The van der Waals surface area contributed by atoms with Crippen LogP contribution < -0.4 is 10.9 Å². The number of allylic oxidation sites excluding steroid dienone is 2. The largest absolute Gasteiger partial charge is 0.356 e. The molecule has 7 nitrogen and oxygen atoms in total. The van der Waals surface area contributed by atoms with E-state index in [2.05, 4.69) is 30.4 Å². The van der Waals surface area contributed by atoms with Gasteiger partial charge < -0.3 is 9.84 Å². The highest BCUT2D eigenvalue weighted by Crippen LogP contribution is 2.39. The number of rotatable bonds is 4. The van der Waals surface area contributed by atoms with Crippen molar-refractivity contribution in [3.05, 3.63) is 39.1 Å². The van der Waals surface area contributed by atoms with Gasteiger partial charge >= 0.3 is 0 Å². The summed E-state index contributed by atoms with van der Waals surface area (Å²) < 4.78 is 9.26. The first-order chi connectivity index (χ1) is 14.7. The first-order valence-electron chi connectivity index (χ1n) is 11.4. The monoisotopic (exact) mass is 426 g/mol. The van der Waals surface area contributed by atoms with Crippen molar-refractivity contribution in [3.8, 4) is 0 Å². The summed E-state index contributed by atoms with van der Waals surface area (Å²) in [7, 11) is 1.89. The van der Waals surface area contributed by atoms with E-state index in [9.17, 15) is 9.59 Å². The Morgan fingerprint density at radius 1 is 1.23 bits per heavy atom. The molecule has 0 atom stereocenters. The lowest BCUT2D eigenvalue weighted by Crippen LogP contribution is -2.29. The van der Waals surface area contributed by atoms with E-state index in [0.717, 1.165) is 61.8 Å². The Balaban J connectivity index is 1.58. The van der Waals surface area contributed by atoms with Crippen molar-refractivity contribution >= 4 is 17.2 Å². The topological polar surface area (TPSA) is 82.1 Å². The van der Waals surface area contributed by atoms with E-state index in [-0.39, 0.29) is 17.3 Å². The van der Waals surface area contributed by atoms with Gasteiger partial charge in [0.05, 0.1) is 11.7 Å². The van der Waals surface area contributed by atoms with E-state index in [1.807, 2.05) is 25.6 Å². The summed E-state index contributed by atoms with van der Waals surface area (Å²) in [6, 6.07) is 0.193. The van der Waals surface area contributed by atoms with Gasteiger partial charge in [0.2, 0.25) is 0 Å². The Hall–Kier alpha value is -2.57. The number of hydrogen-bond acceptors (Lipinski definition) is 4. The minimum atomic E-state index is -0.397. The van der Waals surface area contributed by atoms with Crippen molar-refractivity contribution in [2.75, 3.05) is 5.32 Å². The lowest BCUT2D eigenvalue weighted by molar-refractivity contribution is 0.101. The summed E-state index contributed by atoms with van der Waals surface area (Å²) in [6.45, 7) is 8.24. The second kappa shape index (κ2) is 8.17. The fourth-order valence-electron chi connectivity index (χ4n) is 4.91. The predicted octanol–water partition coefficient (Wildman–Crippen LogP) is 5.14. The molecule has 168 valence electrons. The van der Waals surface area contributed by atoms with Crippen LogP contribution in [-0.2, 0) is 7.05 Å². The number of anilines is 1. The van der Waals surface area contributed by atoms with Crippen LogP contribution in [0.3, 0.4) is 0 Å². The molecule has 0 bridgehead atoms. The highest BCUT2D eigenvalue weighted by molar-refractivity contribution is 6.04. The number of nitrogens with zero attached hydrogens (tertiary/aromatic N) is 3. The maximum absolute atomic E-state index is 13.1. The molecule has 2 aromatic heterocycles. The van der Waals surface area contributed by atoms with E-state index < -0.39 is 5.91 Å². The summed E-state index contributed by atoms with van der Waals surface area (Å²) >= 11 is 0. The minimum Gasteiger partial charge on any atom is -0.356 e. The molecular weight excluding hydrogens is 392 g/mol. The Morgan fingerprint density at radius 2 is 1.94 bits per heavy atom. The molecule has 0 aromatic carbocycles. The average Bonchev–Trinajstić information content (AvgIpc) is 3.22. The van der Waals surface area contributed by atoms with Gasteiger partial charge in [-0.3, -0.25) is 14.3 Å². The normalized spacial score (nSPS) is 19.3. The van der Waals surface area contributed by atoms with Gasteiger partial charge in [-0.2, -0.15) is 0 Å². The molecule has 0 aliphatic heterocycles. The fourth-order valence-corrected chi connectivity index (χ4v) is 4.91. The van der Waals surface area contributed by atoms with Gasteiger partial charge in [0.1, 0.15) is 5.69 Å². The Labute approximate surface area is 183 Å². The molecule has 0 radical (unpaired) electrons. The summed E-state index contributed by atoms with van der Waals surface area (Å²) in [6.07, 6.45) is 10.7. The molecule has 2 aromatic rings. The number of hydrogen-bond donors (Lipinski definition) is 1. The highest BCUT2D eigenvalue weighted by atomic mass is 16.5. The third-order valence-corrected chi connectivity index (χ3v) is 7.15. The zero-order valence-corrected chi connectivity index (χ0v) is 19.4. The number of nitrogens with one attached hydrogen (secondary N) is 1. The summed E-state index contributed by atoms with van der Waals surface area (Å²) in [5.41, 5.74) is 3.32. The third kappa shape index (κ3) is 4.02. The Bertz CT molecular complexity index is 1080. The van der Waals surface area contributed by atoms with Gasteiger partial charge in [-0.05, 0) is 56.9 Å². The van der Waals surface area contributed by atoms with Crippen molar-refractivity contribution in [3.63, 3.8) is 0 Å². The zero-order chi connectivity index (χ0) is 22.3.